The number of hydrogen-bond donors (Lipinski definition) is 0. The van der Waals surface area contributed by atoms with Crippen molar-refractivity contribution in [2.75, 3.05) is 0 Å². The van der Waals surface area contributed by atoms with Gasteiger partial charge in [-0.3, -0.25) is 0 Å². The maximum atomic E-state index is 6.21. The van der Waals surface area contributed by atoms with Gasteiger partial charge in [0.15, 0.2) is 0 Å². The average molecular weight is 840 g/mol. The van der Waals surface area contributed by atoms with E-state index in [9.17, 15) is 0 Å². The van der Waals surface area contributed by atoms with Gasteiger partial charge in [-0.1, -0.05) is 79.4 Å². The molecule has 7 aromatic rings. The van der Waals surface area contributed by atoms with Gasteiger partial charge in [0, 0.05) is 26.3 Å². The molecule has 3 aromatic heterocycles. The minimum atomic E-state index is -1.77. The number of hydrogen-bond acceptors (Lipinski definition) is 3. The van der Waals surface area contributed by atoms with E-state index in [0.717, 1.165) is 50.0 Å². The molecule has 0 N–H and O–H groups in total. The molecule has 0 saturated heterocycles. The van der Waals surface area contributed by atoms with Crippen LogP contribution >= 0.6 is 0 Å². The molecule has 4 aromatic carbocycles. The number of fused-ring (bicyclic) bond motifs is 3. The molecule has 3 heterocycles. The predicted octanol–water partition coefficient (Wildman–Crippen LogP) is 10.6. The normalized spacial score (nSPS) is 11.3. The molecule has 0 unspecified atom stereocenters. The summed E-state index contributed by atoms with van der Waals surface area (Å²) in [5, 5.41) is 2.19. The maximum absolute atomic E-state index is 6.21. The molecule has 46 heavy (non-hydrogen) atoms. The van der Waals surface area contributed by atoms with Crippen LogP contribution < -0.4 is 4.40 Å². The fourth-order valence-electron chi connectivity index (χ4n) is 5.67. The molecule has 5 heteroatoms. The third kappa shape index (κ3) is 7.42. The zero-order valence-corrected chi connectivity index (χ0v) is 31.7. The Morgan fingerprint density at radius 3 is 2.13 bits per heavy atom. The molecule has 0 spiro atoms. The van der Waals surface area contributed by atoms with Crippen molar-refractivity contribution in [2.24, 2.45) is 0 Å². The molecule has 7 rings (SSSR count). The second-order valence-electron chi connectivity index (χ2n) is 12.8. The summed E-state index contributed by atoms with van der Waals surface area (Å²) in [5.74, 6) is 7.67. The molecule has 0 aliphatic heterocycles. The minimum Gasteiger partial charge on any atom is 0 e. The summed E-state index contributed by atoms with van der Waals surface area (Å²) in [6.45, 7) is 6.57. The summed E-state index contributed by atoms with van der Waals surface area (Å²) in [4.78, 5) is 9.13. The number of pyridine rings is 2. The van der Waals surface area contributed by atoms with E-state index in [-0.39, 0.29) is 20.1 Å². The van der Waals surface area contributed by atoms with Gasteiger partial charge in [0.2, 0.25) is 0 Å². The maximum Gasteiger partial charge on any atom is 0 e. The van der Waals surface area contributed by atoms with Gasteiger partial charge in [-0.2, -0.15) is 0 Å². The van der Waals surface area contributed by atoms with Crippen molar-refractivity contribution in [1.82, 2.24) is 9.97 Å². The Morgan fingerprint density at radius 1 is 0.696 bits per heavy atom. The van der Waals surface area contributed by atoms with Crippen LogP contribution in [0.15, 0.2) is 120 Å². The van der Waals surface area contributed by atoms with Crippen LogP contribution in [0.2, 0.25) is 17.3 Å². The van der Waals surface area contributed by atoms with Gasteiger partial charge < -0.3 is 9.40 Å². The zero-order chi connectivity index (χ0) is 31.6. The Kier molecular flexibility index (Phi) is 10.4. The van der Waals surface area contributed by atoms with Gasteiger partial charge in [0.25, 0.3) is 0 Å². The topological polar surface area (TPSA) is 38.9 Å². The molecule has 3 nitrogen and oxygen atoms in total. The molecule has 0 aliphatic carbocycles. The Bertz CT molecular complexity index is 2080. The van der Waals surface area contributed by atoms with Crippen molar-refractivity contribution >= 4 is 39.6 Å². The Morgan fingerprint density at radius 2 is 1.43 bits per heavy atom. The van der Waals surface area contributed by atoms with Gasteiger partial charge in [-0.05, 0) is 40.3 Å². The van der Waals surface area contributed by atoms with Gasteiger partial charge in [-0.25, -0.2) is 0 Å². The Balaban J connectivity index is 0.000000200. The SMILES string of the molecule is CC(C)c1ccnc(-c2[c-]cc3c(c2)oc2cc(-c4ccccc4)ccc23)c1.Cc1cc(-c2[c-]cccc2)nc[c]1[Ge]([CH3])([CH3])[CH3].[Ir]. The van der Waals surface area contributed by atoms with Crippen molar-refractivity contribution < 1.29 is 24.5 Å². The van der Waals surface area contributed by atoms with Crippen molar-refractivity contribution in [2.45, 2.75) is 44.0 Å². The van der Waals surface area contributed by atoms with Crippen LogP contribution in [0.25, 0.3) is 55.6 Å². The largest absolute Gasteiger partial charge is 0 e. The average Bonchev–Trinajstić information content (AvgIpc) is 3.42. The zero-order valence-electron chi connectivity index (χ0n) is 27.2. The van der Waals surface area contributed by atoms with E-state index in [1.54, 1.807) is 0 Å². The first kappa shape index (κ1) is 33.5. The van der Waals surface area contributed by atoms with Crippen LogP contribution in [-0.2, 0) is 20.1 Å². The quantitative estimate of drug-likeness (QED) is 0.128. The Labute approximate surface area is 288 Å². The van der Waals surface area contributed by atoms with Crippen LogP contribution in [-0.4, -0.2) is 23.2 Å². The van der Waals surface area contributed by atoms with E-state index >= 15 is 0 Å². The summed E-state index contributed by atoms with van der Waals surface area (Å²) in [5.41, 5.74) is 10.7. The van der Waals surface area contributed by atoms with Crippen LogP contribution in [0, 0.1) is 19.1 Å². The molecule has 1 radical (unpaired) electrons. The first-order valence-corrected chi connectivity index (χ1v) is 22.9. The number of aromatic nitrogens is 2. The summed E-state index contributed by atoms with van der Waals surface area (Å²) < 4.78 is 7.70. The fraction of sp³-hybridized carbons (Fsp3) is 0.171. The third-order valence-electron chi connectivity index (χ3n) is 8.14. The first-order chi connectivity index (χ1) is 21.7. The van der Waals surface area contributed by atoms with E-state index in [1.807, 2.05) is 42.6 Å². The van der Waals surface area contributed by atoms with E-state index in [2.05, 4.69) is 133 Å². The molecule has 0 saturated carbocycles. The summed E-state index contributed by atoms with van der Waals surface area (Å²) in [7, 11) is 0. The fourth-order valence-corrected chi connectivity index (χ4v) is 9.25. The number of rotatable bonds is 5. The number of nitrogens with zero attached hydrogens (tertiary/aromatic N) is 2. The smallest absolute Gasteiger partial charge is 0 e. The molecule has 0 bridgehead atoms. The molecule has 233 valence electrons. The summed E-state index contributed by atoms with van der Waals surface area (Å²) in [6.07, 6.45) is 3.94. The molecule has 0 fully saturated rings. The second kappa shape index (κ2) is 14.3. The van der Waals surface area contributed by atoms with Crippen LogP contribution in [0.5, 0.6) is 0 Å². The predicted molar refractivity (Wildman–Crippen MR) is 192 cm³/mol. The number of furan rings is 1. The van der Waals surface area contributed by atoms with Crippen molar-refractivity contribution in [3.05, 3.63) is 139 Å². The molecule has 0 aliphatic rings. The van der Waals surface area contributed by atoms with Gasteiger partial charge in [0.1, 0.15) is 5.58 Å². The monoisotopic (exact) mass is 841 g/mol. The van der Waals surface area contributed by atoms with Gasteiger partial charge in [0.05, 0.1) is 5.58 Å². The van der Waals surface area contributed by atoms with Crippen molar-refractivity contribution in [3.63, 3.8) is 0 Å². The third-order valence-corrected chi connectivity index (χ3v) is 12.6. The molecule has 0 atom stereocenters. The van der Waals surface area contributed by atoms with Crippen molar-refractivity contribution in [1.29, 1.82) is 0 Å². The van der Waals surface area contributed by atoms with E-state index in [0.29, 0.717) is 5.92 Å². The van der Waals surface area contributed by atoms with E-state index < -0.39 is 13.3 Å². The second-order valence-corrected chi connectivity index (χ2v) is 23.4. The van der Waals surface area contributed by atoms with Crippen LogP contribution in [0.3, 0.4) is 0 Å². The van der Waals surface area contributed by atoms with Crippen LogP contribution in [0.4, 0.5) is 0 Å². The molecular weight excluding hydrogens is 801 g/mol. The van der Waals surface area contributed by atoms with Crippen LogP contribution in [0.1, 0.15) is 30.9 Å². The summed E-state index contributed by atoms with van der Waals surface area (Å²) >= 11 is -1.77. The standard InChI is InChI=1S/C26H20NO.C15H18GeN.Ir/c1-17(2)19-12-13-27-24(14-19)21-9-11-23-22-10-8-20(18-6-4-3-5-7-18)15-25(22)28-26(23)16-21;1-12-10-15(13-8-6-5-7-9-13)17-11-14(12)16(2,3)4;/h3-8,10-17H,1-2H3;5-8,10-11H,1-4H3;/q2*-1;. The van der Waals surface area contributed by atoms with Gasteiger partial charge >= 0.3 is 106 Å². The van der Waals surface area contributed by atoms with Gasteiger partial charge in [-0.15, -0.1) is 17.7 Å². The molecule has 0 amide bonds. The number of aryl methyl sites for hydroxylation is 1. The minimum absolute atomic E-state index is 0. The summed E-state index contributed by atoms with van der Waals surface area (Å²) in [6, 6.07) is 41.8. The Hall–Kier alpha value is -3.83. The van der Waals surface area contributed by atoms with E-state index in [4.69, 9.17) is 4.42 Å². The van der Waals surface area contributed by atoms with E-state index in [1.165, 1.54) is 21.1 Å². The first-order valence-electron chi connectivity index (χ1n) is 15.5. The van der Waals surface area contributed by atoms with Crippen molar-refractivity contribution in [3.8, 4) is 33.6 Å². The number of benzene rings is 4. The molecular formula is C41H38GeIrN2O-2.